The maximum atomic E-state index is 13.2. The van der Waals surface area contributed by atoms with Gasteiger partial charge in [0.1, 0.15) is 5.75 Å². The van der Waals surface area contributed by atoms with Crippen LogP contribution in [0.15, 0.2) is 48.8 Å². The van der Waals surface area contributed by atoms with Crippen LogP contribution in [0, 0.1) is 0 Å². The van der Waals surface area contributed by atoms with Crippen LogP contribution >= 0.6 is 0 Å². The fraction of sp³-hybridized carbons (Fsp3) is 0.250. The predicted molar refractivity (Wildman–Crippen MR) is 92.8 cm³/mol. The first-order valence-electron chi connectivity index (χ1n) is 8.22. The summed E-state index contributed by atoms with van der Waals surface area (Å²) in [6.45, 7) is 3.60. The van der Waals surface area contributed by atoms with Crippen molar-refractivity contribution in [3.63, 3.8) is 0 Å². The van der Waals surface area contributed by atoms with Crippen molar-refractivity contribution in [3.05, 3.63) is 65.5 Å². The molecule has 0 aromatic heterocycles. The smallest absolute Gasteiger partial charge is 0.416 e. The van der Waals surface area contributed by atoms with E-state index >= 15 is 0 Å². The molecule has 0 fully saturated rings. The molecule has 2 aromatic carbocycles. The number of hydrogen-bond acceptors (Lipinski definition) is 2. The third kappa shape index (κ3) is 3.82. The molecule has 0 saturated carbocycles. The quantitative estimate of drug-likeness (QED) is 0.569. The average molecular weight is 379 g/mol. The minimum absolute atomic E-state index is 0.203. The lowest BCUT2D eigenvalue weighted by Crippen LogP contribution is -2.36. The van der Waals surface area contributed by atoms with Crippen LogP contribution < -0.4 is 4.74 Å². The number of carbonyl (C=O) groups excluding carboxylic acids is 1. The normalized spacial score (nSPS) is 13.9. The molecule has 0 bridgehead atoms. The van der Waals surface area contributed by atoms with Crippen molar-refractivity contribution < 1.29 is 27.1 Å². The summed E-state index contributed by atoms with van der Waals surface area (Å²) in [5, 5.41) is 0. The van der Waals surface area contributed by atoms with E-state index in [0.717, 1.165) is 23.3 Å². The summed E-state index contributed by atoms with van der Waals surface area (Å²) in [5.74, 6) is -1.24. The average Bonchev–Trinajstić information content (AvgIpc) is 2.65. The molecule has 3 nitrogen and oxygen atoms in total. The van der Waals surface area contributed by atoms with Gasteiger partial charge in [0, 0.05) is 18.7 Å². The monoisotopic (exact) mass is 379 g/mol. The van der Waals surface area contributed by atoms with Gasteiger partial charge in [-0.15, -0.1) is 0 Å². The Hall–Kier alpha value is -2.83. The standard InChI is InChI=1S/C20H17F4NO2/c1-12(21)19(26)25-8-7-14-10-18(27-2)17(9-15(14)11-25)13-3-5-16(6-4-13)20(22,23)24/h3-6,9-10H,1,7-8,11H2,2H3. The number of hydrogen-bond donors (Lipinski definition) is 0. The van der Waals surface area contributed by atoms with Gasteiger partial charge in [-0.25, -0.2) is 4.39 Å². The van der Waals surface area contributed by atoms with Crippen LogP contribution in [0.25, 0.3) is 11.1 Å². The molecule has 0 atom stereocenters. The van der Waals surface area contributed by atoms with Crippen molar-refractivity contribution in [3.8, 4) is 16.9 Å². The highest BCUT2D eigenvalue weighted by Gasteiger charge is 2.30. The van der Waals surface area contributed by atoms with Crippen LogP contribution in [0.1, 0.15) is 16.7 Å². The number of amides is 1. The van der Waals surface area contributed by atoms with Crippen LogP contribution in [0.4, 0.5) is 17.6 Å². The number of nitrogens with zero attached hydrogens (tertiary/aromatic N) is 1. The topological polar surface area (TPSA) is 29.5 Å². The molecular weight excluding hydrogens is 362 g/mol. The van der Waals surface area contributed by atoms with E-state index in [-0.39, 0.29) is 6.54 Å². The molecule has 0 N–H and O–H groups in total. The van der Waals surface area contributed by atoms with E-state index in [1.54, 1.807) is 6.07 Å². The van der Waals surface area contributed by atoms with E-state index in [1.165, 1.54) is 24.1 Å². The first-order valence-corrected chi connectivity index (χ1v) is 8.22. The molecular formula is C20H17F4NO2. The fourth-order valence-electron chi connectivity index (χ4n) is 3.16. The second kappa shape index (κ2) is 7.06. The molecule has 27 heavy (non-hydrogen) atoms. The van der Waals surface area contributed by atoms with Gasteiger partial charge in [0.2, 0.25) is 0 Å². The Morgan fingerprint density at radius 2 is 1.81 bits per heavy atom. The molecule has 0 spiro atoms. The van der Waals surface area contributed by atoms with Gasteiger partial charge in [-0.3, -0.25) is 4.79 Å². The molecule has 0 saturated heterocycles. The van der Waals surface area contributed by atoms with Crippen LogP contribution in [-0.4, -0.2) is 24.5 Å². The Morgan fingerprint density at radius 3 is 2.37 bits per heavy atom. The molecule has 1 heterocycles. The molecule has 1 aliphatic heterocycles. The molecule has 0 unspecified atom stereocenters. The molecule has 142 valence electrons. The zero-order valence-corrected chi connectivity index (χ0v) is 14.6. The van der Waals surface area contributed by atoms with Crippen molar-refractivity contribution in [1.82, 2.24) is 4.90 Å². The lowest BCUT2D eigenvalue weighted by Gasteiger charge is -2.29. The summed E-state index contributed by atoms with van der Waals surface area (Å²) >= 11 is 0. The van der Waals surface area contributed by atoms with Gasteiger partial charge in [-0.1, -0.05) is 18.7 Å². The van der Waals surface area contributed by atoms with Crippen molar-refractivity contribution in [2.75, 3.05) is 13.7 Å². The molecule has 0 aliphatic carbocycles. The number of carbonyl (C=O) groups is 1. The minimum atomic E-state index is -4.41. The third-order valence-corrected chi connectivity index (χ3v) is 4.58. The Kier molecular flexibility index (Phi) is 4.95. The van der Waals surface area contributed by atoms with Crippen molar-refractivity contribution >= 4 is 5.91 Å². The fourth-order valence-corrected chi connectivity index (χ4v) is 3.16. The second-order valence-corrected chi connectivity index (χ2v) is 6.28. The molecule has 3 rings (SSSR count). The largest absolute Gasteiger partial charge is 0.496 e. The summed E-state index contributed by atoms with van der Waals surface area (Å²) in [6.07, 6.45) is -3.88. The van der Waals surface area contributed by atoms with Gasteiger partial charge in [0.05, 0.1) is 12.7 Å². The first-order chi connectivity index (χ1) is 12.7. The number of fused-ring (bicyclic) bond motifs is 1. The number of alkyl halides is 3. The molecule has 1 aliphatic rings. The van der Waals surface area contributed by atoms with Crippen molar-refractivity contribution in [1.29, 1.82) is 0 Å². The van der Waals surface area contributed by atoms with Gasteiger partial charge in [-0.05, 0) is 47.4 Å². The number of halogens is 4. The number of rotatable bonds is 3. The molecule has 2 aromatic rings. The molecule has 0 radical (unpaired) electrons. The Balaban J connectivity index is 1.98. The highest BCUT2D eigenvalue weighted by Crippen LogP contribution is 2.37. The molecule has 1 amide bonds. The zero-order valence-electron chi connectivity index (χ0n) is 14.6. The summed E-state index contributed by atoms with van der Waals surface area (Å²) in [7, 11) is 1.49. The zero-order chi connectivity index (χ0) is 19.8. The highest BCUT2D eigenvalue weighted by atomic mass is 19.4. The Bertz CT molecular complexity index is 888. The minimum Gasteiger partial charge on any atom is -0.496 e. The number of methoxy groups -OCH3 is 1. The summed E-state index contributed by atoms with van der Waals surface area (Å²) < 4.78 is 56.9. The van der Waals surface area contributed by atoms with Gasteiger partial charge >= 0.3 is 6.18 Å². The summed E-state index contributed by atoms with van der Waals surface area (Å²) in [5.41, 5.74) is 2.18. The van der Waals surface area contributed by atoms with E-state index in [2.05, 4.69) is 6.58 Å². The maximum absolute atomic E-state index is 13.2. The maximum Gasteiger partial charge on any atom is 0.416 e. The van der Waals surface area contributed by atoms with Gasteiger partial charge in [-0.2, -0.15) is 13.2 Å². The lowest BCUT2D eigenvalue weighted by molar-refractivity contribution is -0.137. The van der Waals surface area contributed by atoms with Crippen LogP contribution in [0.3, 0.4) is 0 Å². The van der Waals surface area contributed by atoms with Crippen molar-refractivity contribution in [2.45, 2.75) is 19.1 Å². The van der Waals surface area contributed by atoms with Gasteiger partial charge in [0.25, 0.3) is 5.91 Å². The van der Waals surface area contributed by atoms with E-state index in [9.17, 15) is 22.4 Å². The number of ether oxygens (including phenoxy) is 1. The molecule has 7 heteroatoms. The van der Waals surface area contributed by atoms with Gasteiger partial charge in [0.15, 0.2) is 5.83 Å². The first kappa shape index (κ1) is 18.9. The van der Waals surface area contributed by atoms with Crippen LogP contribution in [-0.2, 0) is 23.9 Å². The van der Waals surface area contributed by atoms with Gasteiger partial charge < -0.3 is 9.64 Å². The SMILES string of the molecule is C=C(F)C(=O)N1CCc2cc(OC)c(-c3ccc(C(F)(F)F)cc3)cc2C1. The van der Waals surface area contributed by atoms with E-state index in [1.807, 2.05) is 6.07 Å². The summed E-state index contributed by atoms with van der Waals surface area (Å²) in [6, 6.07) is 8.37. The van der Waals surface area contributed by atoms with E-state index < -0.39 is 23.5 Å². The third-order valence-electron chi connectivity index (χ3n) is 4.58. The predicted octanol–water partition coefficient (Wildman–Crippen LogP) is 4.75. The Morgan fingerprint density at radius 1 is 1.15 bits per heavy atom. The lowest BCUT2D eigenvalue weighted by atomic mass is 9.93. The van der Waals surface area contributed by atoms with E-state index in [0.29, 0.717) is 29.8 Å². The number of benzene rings is 2. The second-order valence-electron chi connectivity index (χ2n) is 6.28. The Labute approximate surface area is 153 Å². The van der Waals surface area contributed by atoms with Crippen LogP contribution in [0.5, 0.6) is 5.75 Å². The van der Waals surface area contributed by atoms with E-state index in [4.69, 9.17) is 4.74 Å². The summed E-state index contributed by atoms with van der Waals surface area (Å²) in [4.78, 5) is 13.2. The van der Waals surface area contributed by atoms with Crippen LogP contribution in [0.2, 0.25) is 0 Å². The highest BCUT2D eigenvalue weighted by molar-refractivity contribution is 5.90. The van der Waals surface area contributed by atoms with Crippen molar-refractivity contribution in [2.24, 2.45) is 0 Å².